The summed E-state index contributed by atoms with van der Waals surface area (Å²) in [4.78, 5) is 21.7. The Morgan fingerprint density at radius 2 is 2.00 bits per heavy atom. The average Bonchev–Trinajstić information content (AvgIpc) is 3.31. The van der Waals surface area contributed by atoms with E-state index in [4.69, 9.17) is 5.73 Å². The number of hydrogen-bond acceptors (Lipinski definition) is 3. The number of nitrogens with one attached hydrogen (secondary N) is 1. The molecule has 1 saturated heterocycles. The van der Waals surface area contributed by atoms with Gasteiger partial charge in [0.1, 0.15) is 5.65 Å². The van der Waals surface area contributed by atoms with Crippen molar-refractivity contribution in [2.45, 2.75) is 38.5 Å². The molecule has 0 radical (unpaired) electrons. The number of nitrogens with zero attached hydrogens (tertiary/aromatic N) is 3. The molecule has 0 bridgehead atoms. The number of carbonyl (C=O) groups is 1. The van der Waals surface area contributed by atoms with E-state index in [2.05, 4.69) is 70.8 Å². The molecule has 3 N–H and O–H groups in total. The normalized spacial score (nSPS) is 15.9. The molecule has 166 valence electrons. The molecule has 4 heterocycles. The van der Waals surface area contributed by atoms with Gasteiger partial charge in [0.25, 0.3) is 0 Å². The molecule has 1 amide bonds. The van der Waals surface area contributed by atoms with Gasteiger partial charge in [0, 0.05) is 41.3 Å². The van der Waals surface area contributed by atoms with E-state index in [1.807, 2.05) is 12.3 Å². The van der Waals surface area contributed by atoms with Gasteiger partial charge in [-0.15, -0.1) is 0 Å². The Morgan fingerprint density at radius 1 is 1.22 bits per heavy atom. The van der Waals surface area contributed by atoms with Crippen LogP contribution in [0.5, 0.6) is 0 Å². The maximum absolute atomic E-state index is 11.2. The number of hydrogen-bond donors (Lipinski definition) is 2. The second-order valence-corrected chi connectivity index (χ2v) is 9.42. The van der Waals surface area contributed by atoms with E-state index in [0.717, 1.165) is 31.6 Å². The molecule has 1 aliphatic rings. The smallest absolute Gasteiger partial charge is 0.231 e. The number of aromatic nitrogens is 3. The highest BCUT2D eigenvalue weighted by molar-refractivity contribution is 5.99. The molecule has 32 heavy (non-hydrogen) atoms. The van der Waals surface area contributed by atoms with E-state index < -0.39 is 0 Å². The van der Waals surface area contributed by atoms with E-state index in [1.165, 1.54) is 38.7 Å². The monoisotopic (exact) mass is 429 g/mol. The molecule has 6 heteroatoms. The molecule has 0 spiro atoms. The molecule has 5 rings (SSSR count). The van der Waals surface area contributed by atoms with Gasteiger partial charge in [-0.3, -0.25) is 9.69 Å². The number of carbonyl (C=O) groups excluding carboxylic acids is 1. The van der Waals surface area contributed by atoms with Crippen molar-refractivity contribution in [1.29, 1.82) is 0 Å². The first kappa shape index (κ1) is 20.8. The number of aryl methyl sites for hydroxylation is 1. The van der Waals surface area contributed by atoms with Crippen molar-refractivity contribution >= 4 is 27.8 Å². The second-order valence-electron chi connectivity index (χ2n) is 9.42. The number of amides is 1. The molecule has 4 aromatic rings. The van der Waals surface area contributed by atoms with E-state index in [9.17, 15) is 4.79 Å². The maximum Gasteiger partial charge on any atom is 0.231 e. The number of piperidine rings is 1. The van der Waals surface area contributed by atoms with Gasteiger partial charge in [-0.05, 0) is 73.2 Å². The van der Waals surface area contributed by atoms with Gasteiger partial charge in [-0.2, -0.15) is 0 Å². The second kappa shape index (κ2) is 8.10. The van der Waals surface area contributed by atoms with Crippen LogP contribution in [0.4, 0.5) is 0 Å². The standard InChI is InChI=1S/C26H31N5O/c1-16(2)24-20-13-18(17-8-11-31(12-9-17)15-23(27)32)6-7-22(20)29-25(24)21-14-30(3)26-19(21)5-4-10-28-26/h4-7,10,13-14,16-17,29H,8-9,11-12,15H2,1-3H3,(H2,27,32). The largest absolute Gasteiger partial charge is 0.369 e. The van der Waals surface area contributed by atoms with Gasteiger partial charge in [0.2, 0.25) is 5.91 Å². The summed E-state index contributed by atoms with van der Waals surface area (Å²) in [5.74, 6) is 0.664. The van der Waals surface area contributed by atoms with Crippen LogP contribution in [0.2, 0.25) is 0 Å². The van der Waals surface area contributed by atoms with Crippen molar-refractivity contribution in [3.8, 4) is 11.3 Å². The van der Waals surface area contributed by atoms with Crippen molar-refractivity contribution in [1.82, 2.24) is 19.4 Å². The molecule has 6 nitrogen and oxygen atoms in total. The van der Waals surface area contributed by atoms with Gasteiger partial charge in [0.15, 0.2) is 0 Å². The third-order valence-electron chi connectivity index (χ3n) is 6.88. The first-order valence-corrected chi connectivity index (χ1v) is 11.5. The van der Waals surface area contributed by atoms with Crippen molar-refractivity contribution < 1.29 is 4.79 Å². The van der Waals surface area contributed by atoms with Crippen LogP contribution in [0.3, 0.4) is 0 Å². The number of fused-ring (bicyclic) bond motifs is 2. The van der Waals surface area contributed by atoms with Gasteiger partial charge in [0.05, 0.1) is 12.2 Å². The zero-order valence-corrected chi connectivity index (χ0v) is 19.1. The van der Waals surface area contributed by atoms with Gasteiger partial charge in [-0.25, -0.2) is 4.98 Å². The summed E-state index contributed by atoms with van der Waals surface area (Å²) in [6.45, 7) is 6.74. The number of benzene rings is 1. The Balaban J connectivity index is 1.54. The molecule has 3 aromatic heterocycles. The summed E-state index contributed by atoms with van der Waals surface area (Å²) in [6, 6.07) is 11.1. The SMILES string of the molecule is CC(C)c1c(-c2cn(C)c3ncccc23)[nH]c2ccc(C3CCN(CC(N)=O)CC3)cc12. The topological polar surface area (TPSA) is 79.9 Å². The molecular formula is C26H31N5O. The average molecular weight is 430 g/mol. The minimum atomic E-state index is -0.241. The number of nitrogens with two attached hydrogens (primary N) is 1. The zero-order valence-electron chi connectivity index (χ0n) is 19.1. The van der Waals surface area contributed by atoms with Gasteiger partial charge < -0.3 is 15.3 Å². The molecule has 0 atom stereocenters. The summed E-state index contributed by atoms with van der Waals surface area (Å²) in [5, 5.41) is 2.48. The van der Waals surface area contributed by atoms with E-state index in [0.29, 0.717) is 18.4 Å². The summed E-state index contributed by atoms with van der Waals surface area (Å²) >= 11 is 0. The van der Waals surface area contributed by atoms with Crippen LogP contribution in [-0.2, 0) is 11.8 Å². The number of aromatic amines is 1. The fourth-order valence-electron chi connectivity index (χ4n) is 5.35. The number of likely N-dealkylation sites (tertiary alicyclic amines) is 1. The molecule has 0 aliphatic carbocycles. The first-order valence-electron chi connectivity index (χ1n) is 11.5. The molecule has 0 unspecified atom stereocenters. The lowest BCUT2D eigenvalue weighted by Crippen LogP contribution is -2.39. The van der Waals surface area contributed by atoms with E-state index in [-0.39, 0.29) is 5.91 Å². The van der Waals surface area contributed by atoms with E-state index >= 15 is 0 Å². The highest BCUT2D eigenvalue weighted by Crippen LogP contribution is 2.40. The summed E-state index contributed by atoms with van der Waals surface area (Å²) in [7, 11) is 2.05. The number of primary amides is 1. The fraction of sp³-hybridized carbons (Fsp3) is 0.385. The number of H-pyrrole nitrogens is 1. The van der Waals surface area contributed by atoms with Crippen LogP contribution in [-0.4, -0.2) is 45.0 Å². The summed E-state index contributed by atoms with van der Waals surface area (Å²) in [5.41, 5.74) is 12.7. The minimum Gasteiger partial charge on any atom is -0.369 e. The van der Waals surface area contributed by atoms with Crippen molar-refractivity contribution in [3.63, 3.8) is 0 Å². The Kier molecular flexibility index (Phi) is 5.25. The lowest BCUT2D eigenvalue weighted by Gasteiger charge is -2.31. The van der Waals surface area contributed by atoms with Crippen LogP contribution in [0.25, 0.3) is 33.2 Å². The van der Waals surface area contributed by atoms with Crippen LogP contribution in [0.15, 0.2) is 42.7 Å². The van der Waals surface area contributed by atoms with E-state index in [1.54, 1.807) is 0 Å². The lowest BCUT2D eigenvalue weighted by atomic mass is 9.87. The van der Waals surface area contributed by atoms with Crippen LogP contribution in [0, 0.1) is 0 Å². The van der Waals surface area contributed by atoms with Crippen molar-refractivity contribution in [2.24, 2.45) is 12.8 Å². The Hall–Kier alpha value is -3.12. The third kappa shape index (κ3) is 3.58. The van der Waals surface area contributed by atoms with Crippen LogP contribution in [0.1, 0.15) is 49.7 Å². The number of pyridine rings is 1. The molecule has 1 fully saturated rings. The zero-order chi connectivity index (χ0) is 22.4. The Bertz CT molecular complexity index is 1290. The van der Waals surface area contributed by atoms with Gasteiger partial charge in [-0.1, -0.05) is 19.9 Å². The maximum atomic E-state index is 11.2. The summed E-state index contributed by atoms with van der Waals surface area (Å²) < 4.78 is 2.10. The van der Waals surface area contributed by atoms with Gasteiger partial charge >= 0.3 is 0 Å². The molecule has 1 aromatic carbocycles. The molecular weight excluding hydrogens is 398 g/mol. The van der Waals surface area contributed by atoms with Crippen LogP contribution < -0.4 is 5.73 Å². The fourth-order valence-corrected chi connectivity index (χ4v) is 5.35. The minimum absolute atomic E-state index is 0.241. The van der Waals surface area contributed by atoms with Crippen LogP contribution >= 0.6 is 0 Å². The predicted octanol–water partition coefficient (Wildman–Crippen LogP) is 4.51. The van der Waals surface area contributed by atoms with Crippen molar-refractivity contribution in [3.05, 3.63) is 53.9 Å². The predicted molar refractivity (Wildman–Crippen MR) is 130 cm³/mol. The summed E-state index contributed by atoms with van der Waals surface area (Å²) in [6.07, 6.45) is 6.15. The Labute approximate surface area is 188 Å². The number of rotatable bonds is 5. The lowest BCUT2D eigenvalue weighted by molar-refractivity contribution is -0.119. The highest BCUT2D eigenvalue weighted by atomic mass is 16.1. The van der Waals surface area contributed by atoms with Crippen molar-refractivity contribution in [2.75, 3.05) is 19.6 Å². The Morgan fingerprint density at radius 3 is 2.72 bits per heavy atom. The highest BCUT2D eigenvalue weighted by Gasteiger charge is 2.24. The first-order chi connectivity index (χ1) is 15.4. The quantitative estimate of drug-likeness (QED) is 0.490. The molecule has 1 aliphatic heterocycles. The third-order valence-corrected chi connectivity index (χ3v) is 6.88. The molecule has 0 saturated carbocycles.